The van der Waals surface area contributed by atoms with E-state index in [0.29, 0.717) is 4.60 Å². The zero-order chi connectivity index (χ0) is 7.72. The molecule has 1 aromatic heterocycles. The van der Waals surface area contributed by atoms with Crippen molar-refractivity contribution in [3.8, 4) is 0 Å². The van der Waals surface area contributed by atoms with Crippen LogP contribution in [-0.2, 0) is 18.1 Å². The van der Waals surface area contributed by atoms with E-state index in [1.165, 1.54) is 10.9 Å². The second kappa shape index (κ2) is 4.74. The topological polar surface area (TPSA) is 58.0 Å². The van der Waals surface area contributed by atoms with Crippen LogP contribution in [0.2, 0.25) is 0 Å². The van der Waals surface area contributed by atoms with Gasteiger partial charge in [0.15, 0.2) is 0 Å². The molecule has 56 valence electrons. The first kappa shape index (κ1) is 11.8. The zero-order valence-corrected chi connectivity index (χ0v) is 10.5. The van der Waals surface area contributed by atoms with E-state index in [1.807, 2.05) is 0 Å². The summed E-state index contributed by atoms with van der Waals surface area (Å²) in [7, 11) is 1.65. The van der Waals surface area contributed by atoms with Gasteiger partial charge in [0, 0.05) is 7.05 Å². The van der Waals surface area contributed by atoms with E-state index in [1.54, 1.807) is 7.05 Å². The van der Waals surface area contributed by atoms with Crippen molar-refractivity contribution in [1.82, 2.24) is 9.78 Å². The predicted octanol–water partition coefficient (Wildman–Crippen LogP) is -2.58. The fourth-order valence-electron chi connectivity index (χ4n) is 0.514. The van der Waals surface area contributed by atoms with Gasteiger partial charge in [-0.3, -0.25) is 8.89 Å². The van der Waals surface area contributed by atoms with E-state index in [4.69, 9.17) is 0 Å². The van der Waals surface area contributed by atoms with Crippen LogP contribution < -0.4 is 29.6 Å². The molecule has 1 heterocycles. The van der Waals surface area contributed by atoms with Crippen molar-refractivity contribution in [1.29, 1.82) is 0 Å². The third-order valence-electron chi connectivity index (χ3n) is 1.02. The van der Waals surface area contributed by atoms with Crippen LogP contribution in [0.3, 0.4) is 0 Å². The molecule has 0 amide bonds. The minimum atomic E-state index is -2.20. The van der Waals surface area contributed by atoms with Crippen LogP contribution in [0.5, 0.6) is 0 Å². The van der Waals surface area contributed by atoms with Crippen LogP contribution >= 0.6 is 15.9 Å². The number of hydrogen-bond acceptors (Lipinski definition) is 3. The Morgan fingerprint density at radius 2 is 2.36 bits per heavy atom. The van der Waals surface area contributed by atoms with E-state index in [0.717, 1.165) is 0 Å². The smallest absolute Gasteiger partial charge is 0.768 e. The summed E-state index contributed by atoms with van der Waals surface area (Å²) in [6, 6.07) is 0. The molecular weight excluding hydrogens is 243 g/mol. The molecule has 1 unspecified atom stereocenters. The van der Waals surface area contributed by atoms with Crippen LogP contribution in [0.25, 0.3) is 0 Å². The minimum Gasteiger partial charge on any atom is -0.768 e. The van der Waals surface area contributed by atoms with Crippen molar-refractivity contribution in [2.45, 2.75) is 4.90 Å². The molecule has 1 atom stereocenters. The second-order valence-electron chi connectivity index (χ2n) is 1.66. The van der Waals surface area contributed by atoms with E-state index >= 15 is 0 Å². The Labute approximate surface area is 97.1 Å². The third kappa shape index (κ3) is 2.64. The summed E-state index contributed by atoms with van der Waals surface area (Å²) < 4.78 is 22.6. The van der Waals surface area contributed by atoms with E-state index in [-0.39, 0.29) is 34.5 Å². The van der Waals surface area contributed by atoms with Crippen molar-refractivity contribution >= 4 is 27.0 Å². The van der Waals surface area contributed by atoms with E-state index in [9.17, 15) is 8.76 Å². The molecule has 1 rings (SSSR count). The van der Waals surface area contributed by atoms with E-state index < -0.39 is 11.1 Å². The number of halogens is 1. The molecular formula is C4H4BrN2NaO2S. The molecule has 0 saturated carbocycles. The van der Waals surface area contributed by atoms with Gasteiger partial charge < -0.3 is 4.55 Å². The molecule has 0 saturated heterocycles. The normalized spacial score (nSPS) is 12.3. The summed E-state index contributed by atoms with van der Waals surface area (Å²) in [6.45, 7) is 0. The van der Waals surface area contributed by atoms with Crippen LogP contribution in [-0.4, -0.2) is 18.5 Å². The Morgan fingerprint density at radius 1 is 1.82 bits per heavy atom. The SMILES string of the molecule is Cn1ncc(S(=O)[O-])c1Br.[Na+]. The predicted molar refractivity (Wildman–Crippen MR) is 38.1 cm³/mol. The first-order chi connectivity index (χ1) is 4.63. The van der Waals surface area contributed by atoms with Gasteiger partial charge in [-0.2, -0.15) is 5.10 Å². The van der Waals surface area contributed by atoms with Crippen molar-refractivity contribution in [3.63, 3.8) is 0 Å². The molecule has 0 radical (unpaired) electrons. The van der Waals surface area contributed by atoms with E-state index in [2.05, 4.69) is 21.0 Å². The first-order valence-corrected chi connectivity index (χ1v) is 4.26. The quantitative estimate of drug-likeness (QED) is 0.404. The summed E-state index contributed by atoms with van der Waals surface area (Å²) in [6.07, 6.45) is 1.28. The average molecular weight is 247 g/mol. The van der Waals surface area contributed by atoms with Gasteiger partial charge in [-0.15, -0.1) is 0 Å². The number of aryl methyl sites for hydroxylation is 1. The van der Waals surface area contributed by atoms with Gasteiger partial charge in [-0.1, -0.05) is 0 Å². The summed E-state index contributed by atoms with van der Waals surface area (Å²) >= 11 is 0.858. The molecule has 0 aliphatic carbocycles. The zero-order valence-electron chi connectivity index (χ0n) is 6.07. The summed E-state index contributed by atoms with van der Waals surface area (Å²) in [5, 5.41) is 3.71. The Hall–Kier alpha value is 0.800. The van der Waals surface area contributed by atoms with Crippen LogP contribution in [0.1, 0.15) is 0 Å². The van der Waals surface area contributed by atoms with Gasteiger partial charge >= 0.3 is 29.6 Å². The number of hydrogen-bond donors (Lipinski definition) is 0. The maximum absolute atomic E-state index is 10.4. The molecule has 0 spiro atoms. The van der Waals surface area contributed by atoms with Crippen molar-refractivity contribution in [2.75, 3.05) is 0 Å². The molecule has 11 heavy (non-hydrogen) atoms. The molecule has 0 fully saturated rings. The summed E-state index contributed by atoms with van der Waals surface area (Å²) in [5.41, 5.74) is 0. The Kier molecular flexibility index (Phi) is 5.08. The molecule has 0 N–H and O–H groups in total. The molecule has 1 aromatic rings. The third-order valence-corrected chi connectivity index (χ3v) is 2.88. The van der Waals surface area contributed by atoms with Crippen molar-refractivity contribution in [3.05, 3.63) is 10.8 Å². The largest absolute Gasteiger partial charge is 1.00 e. The Balaban J connectivity index is 0.000001000. The van der Waals surface area contributed by atoms with Gasteiger partial charge in [0.25, 0.3) is 0 Å². The van der Waals surface area contributed by atoms with Crippen LogP contribution in [0.15, 0.2) is 15.7 Å². The number of nitrogens with zero attached hydrogens (tertiary/aromatic N) is 2. The molecule has 4 nitrogen and oxygen atoms in total. The average Bonchev–Trinajstić information content (AvgIpc) is 2.14. The summed E-state index contributed by atoms with van der Waals surface area (Å²) in [5.74, 6) is 0. The monoisotopic (exact) mass is 246 g/mol. The molecule has 7 heteroatoms. The fourth-order valence-corrected chi connectivity index (χ4v) is 1.51. The standard InChI is InChI=1S/C4H5BrN2O2S.Na/c1-7-4(5)3(2-6-7)10(8)9;/h2H,1H3,(H,8,9);/q;+1/p-1. The maximum Gasteiger partial charge on any atom is 1.00 e. The Bertz CT molecular complexity index is 277. The van der Waals surface area contributed by atoms with Gasteiger partial charge in [0.1, 0.15) is 4.60 Å². The maximum atomic E-state index is 10.4. The first-order valence-electron chi connectivity index (χ1n) is 2.39. The molecule has 0 bridgehead atoms. The summed E-state index contributed by atoms with van der Waals surface area (Å²) in [4.78, 5) is 0.183. The molecule has 0 aliphatic rings. The fraction of sp³-hybridized carbons (Fsp3) is 0.250. The van der Waals surface area contributed by atoms with Gasteiger partial charge in [0.05, 0.1) is 11.1 Å². The number of aromatic nitrogens is 2. The Morgan fingerprint density at radius 3 is 2.55 bits per heavy atom. The van der Waals surface area contributed by atoms with Crippen LogP contribution in [0.4, 0.5) is 0 Å². The van der Waals surface area contributed by atoms with Crippen molar-refractivity contribution < 1.29 is 38.3 Å². The minimum absolute atomic E-state index is 0. The van der Waals surface area contributed by atoms with Crippen molar-refractivity contribution in [2.24, 2.45) is 7.05 Å². The van der Waals surface area contributed by atoms with Gasteiger partial charge in [0.2, 0.25) is 0 Å². The molecule has 0 aliphatic heterocycles. The van der Waals surface area contributed by atoms with Gasteiger partial charge in [-0.25, -0.2) is 0 Å². The second-order valence-corrected chi connectivity index (χ2v) is 3.32. The number of rotatable bonds is 1. The van der Waals surface area contributed by atoms with Crippen LogP contribution in [0, 0.1) is 0 Å². The van der Waals surface area contributed by atoms with Gasteiger partial charge in [-0.05, 0) is 27.0 Å². The molecule has 0 aromatic carbocycles.